The second kappa shape index (κ2) is 9.39. The molecule has 0 aliphatic carbocycles. The molecule has 0 bridgehead atoms. The van der Waals surface area contributed by atoms with Gasteiger partial charge in [0, 0.05) is 28.9 Å². The zero-order chi connectivity index (χ0) is 22.7. The van der Waals surface area contributed by atoms with Gasteiger partial charge in [-0.15, -0.1) is 0 Å². The summed E-state index contributed by atoms with van der Waals surface area (Å²) in [7, 11) is 0. The second-order valence-electron chi connectivity index (χ2n) is 7.15. The Hall–Kier alpha value is -3.41. The molecule has 1 heterocycles. The van der Waals surface area contributed by atoms with Gasteiger partial charge in [-0.05, 0) is 47.3 Å². The van der Waals surface area contributed by atoms with Gasteiger partial charge in [0.2, 0.25) is 0 Å². The first-order valence-corrected chi connectivity index (χ1v) is 10.5. The summed E-state index contributed by atoms with van der Waals surface area (Å²) < 4.78 is 5.73. The maximum absolute atomic E-state index is 13.1. The number of carboxylic acid groups (broad SMARTS) is 1. The van der Waals surface area contributed by atoms with Gasteiger partial charge in [-0.1, -0.05) is 53.5 Å². The van der Waals surface area contributed by atoms with E-state index in [9.17, 15) is 14.7 Å². The molecule has 0 aliphatic heterocycles. The molecule has 0 fully saturated rings. The molecule has 4 rings (SSSR count). The molecule has 0 spiro atoms. The molecule has 160 valence electrons. The predicted molar refractivity (Wildman–Crippen MR) is 124 cm³/mol. The molecule has 32 heavy (non-hydrogen) atoms. The number of rotatable bonds is 7. The van der Waals surface area contributed by atoms with Crippen LogP contribution in [0, 0.1) is 0 Å². The highest BCUT2D eigenvalue weighted by molar-refractivity contribution is 6.42. The molecule has 4 aromatic rings. The Morgan fingerprint density at radius 1 is 0.938 bits per heavy atom. The number of Topliss-reactive ketones (excluding diaryl/α,β-unsaturated/α-hetero) is 1. The van der Waals surface area contributed by atoms with Crippen molar-refractivity contribution in [1.82, 2.24) is 4.98 Å². The lowest BCUT2D eigenvalue weighted by molar-refractivity contribution is -0.137. The van der Waals surface area contributed by atoms with Crippen molar-refractivity contribution < 1.29 is 19.4 Å². The average molecular weight is 466 g/mol. The number of pyridine rings is 1. The number of carbonyl (C=O) groups is 2. The molecular formula is C25H17Cl2NO4. The van der Waals surface area contributed by atoms with Gasteiger partial charge in [0.1, 0.15) is 18.3 Å². The smallest absolute Gasteiger partial charge is 0.319 e. The van der Waals surface area contributed by atoms with E-state index >= 15 is 0 Å². The highest BCUT2D eigenvalue weighted by atomic mass is 35.5. The molecule has 0 radical (unpaired) electrons. The van der Waals surface area contributed by atoms with Crippen LogP contribution in [0.25, 0.3) is 10.8 Å². The monoisotopic (exact) mass is 465 g/mol. The lowest BCUT2D eigenvalue weighted by Gasteiger charge is -2.14. The van der Waals surface area contributed by atoms with Crippen LogP contribution in [0.2, 0.25) is 10.0 Å². The maximum Gasteiger partial charge on any atom is 0.319 e. The normalized spacial score (nSPS) is 11.8. The van der Waals surface area contributed by atoms with Crippen molar-refractivity contribution in [2.75, 3.05) is 0 Å². The van der Waals surface area contributed by atoms with Gasteiger partial charge in [0.25, 0.3) is 0 Å². The standard InChI is InChI=1S/C25H17Cl2NO4/c26-21-10-5-15(11-22(21)27)14-32-18-8-6-16(7-9-18)24(29)23(25(30)31)20-13-28-12-17-3-1-2-4-19(17)20/h1-13,23H,14H2,(H,30,31). The highest BCUT2D eigenvalue weighted by Gasteiger charge is 2.31. The minimum absolute atomic E-state index is 0.267. The topological polar surface area (TPSA) is 76.5 Å². The number of ketones is 1. The van der Waals surface area contributed by atoms with Crippen LogP contribution in [0.15, 0.2) is 79.1 Å². The number of hydrogen-bond acceptors (Lipinski definition) is 4. The van der Waals surface area contributed by atoms with E-state index in [4.69, 9.17) is 27.9 Å². The molecular weight excluding hydrogens is 449 g/mol. The molecule has 0 amide bonds. The fourth-order valence-corrected chi connectivity index (χ4v) is 3.76. The fraction of sp³-hybridized carbons (Fsp3) is 0.0800. The van der Waals surface area contributed by atoms with Crippen molar-refractivity contribution in [3.8, 4) is 5.75 Å². The third-order valence-electron chi connectivity index (χ3n) is 5.05. The molecule has 1 unspecified atom stereocenters. The van der Waals surface area contributed by atoms with Crippen LogP contribution in [-0.4, -0.2) is 21.8 Å². The van der Waals surface area contributed by atoms with Crippen LogP contribution in [0.3, 0.4) is 0 Å². The molecule has 3 aromatic carbocycles. The van der Waals surface area contributed by atoms with E-state index in [2.05, 4.69) is 4.98 Å². The molecule has 0 saturated carbocycles. The lowest BCUT2D eigenvalue weighted by atomic mass is 9.89. The van der Waals surface area contributed by atoms with Gasteiger partial charge >= 0.3 is 5.97 Å². The number of aromatic nitrogens is 1. The number of fused-ring (bicyclic) bond motifs is 1. The Morgan fingerprint density at radius 2 is 1.69 bits per heavy atom. The first kappa shape index (κ1) is 21.8. The quantitative estimate of drug-likeness (QED) is 0.260. The first-order chi connectivity index (χ1) is 15.4. The Balaban J connectivity index is 1.55. The van der Waals surface area contributed by atoms with Gasteiger partial charge in [-0.2, -0.15) is 0 Å². The zero-order valence-electron chi connectivity index (χ0n) is 16.7. The van der Waals surface area contributed by atoms with E-state index in [1.165, 1.54) is 6.20 Å². The molecule has 1 N–H and O–H groups in total. The fourth-order valence-electron chi connectivity index (χ4n) is 3.43. The summed E-state index contributed by atoms with van der Waals surface area (Å²) >= 11 is 11.9. The average Bonchev–Trinajstić information content (AvgIpc) is 2.80. The van der Waals surface area contributed by atoms with Gasteiger partial charge < -0.3 is 9.84 Å². The SMILES string of the molecule is O=C(O)C(C(=O)c1ccc(OCc2ccc(Cl)c(Cl)c2)cc1)c1cncc2ccccc12. The maximum atomic E-state index is 13.1. The summed E-state index contributed by atoms with van der Waals surface area (Å²) in [5.41, 5.74) is 1.47. The van der Waals surface area contributed by atoms with Crippen LogP contribution >= 0.6 is 23.2 Å². The van der Waals surface area contributed by atoms with Crippen molar-refractivity contribution in [3.63, 3.8) is 0 Å². The second-order valence-corrected chi connectivity index (χ2v) is 7.96. The van der Waals surface area contributed by atoms with Crippen molar-refractivity contribution in [2.45, 2.75) is 12.5 Å². The summed E-state index contributed by atoms with van der Waals surface area (Å²) in [6.07, 6.45) is 3.08. The Morgan fingerprint density at radius 3 is 2.41 bits per heavy atom. The van der Waals surface area contributed by atoms with Crippen molar-refractivity contribution >= 4 is 45.7 Å². The Bertz CT molecular complexity index is 1300. The van der Waals surface area contributed by atoms with E-state index < -0.39 is 17.7 Å². The van der Waals surface area contributed by atoms with Crippen molar-refractivity contribution in [2.24, 2.45) is 0 Å². The Labute approximate surface area is 194 Å². The third-order valence-corrected chi connectivity index (χ3v) is 5.79. The number of carboxylic acids is 1. The summed E-state index contributed by atoms with van der Waals surface area (Å²) in [4.78, 5) is 29.3. The van der Waals surface area contributed by atoms with E-state index in [1.807, 2.05) is 18.2 Å². The van der Waals surface area contributed by atoms with E-state index in [0.29, 0.717) is 26.7 Å². The van der Waals surface area contributed by atoms with E-state index in [1.54, 1.807) is 54.7 Å². The van der Waals surface area contributed by atoms with Crippen LogP contribution in [-0.2, 0) is 11.4 Å². The largest absolute Gasteiger partial charge is 0.489 e. The van der Waals surface area contributed by atoms with Crippen LogP contribution in [0.5, 0.6) is 5.75 Å². The number of benzene rings is 3. The summed E-state index contributed by atoms with van der Waals surface area (Å²) in [6, 6.07) is 18.8. The van der Waals surface area contributed by atoms with Gasteiger partial charge in [0.15, 0.2) is 5.78 Å². The number of aliphatic carboxylic acids is 1. The molecule has 0 aliphatic rings. The highest BCUT2D eigenvalue weighted by Crippen LogP contribution is 2.29. The van der Waals surface area contributed by atoms with Crippen molar-refractivity contribution in [3.05, 3.63) is 106 Å². The van der Waals surface area contributed by atoms with Crippen molar-refractivity contribution in [1.29, 1.82) is 0 Å². The third kappa shape index (κ3) is 4.59. The van der Waals surface area contributed by atoms with Crippen LogP contribution in [0.4, 0.5) is 0 Å². The molecule has 7 heteroatoms. The molecule has 1 aromatic heterocycles. The number of carbonyl (C=O) groups excluding carboxylic acids is 1. The predicted octanol–water partition coefficient (Wildman–Crippen LogP) is 6.17. The number of hydrogen-bond donors (Lipinski definition) is 1. The van der Waals surface area contributed by atoms with E-state index in [0.717, 1.165) is 10.9 Å². The minimum Gasteiger partial charge on any atom is -0.489 e. The van der Waals surface area contributed by atoms with Crippen LogP contribution in [0.1, 0.15) is 27.4 Å². The van der Waals surface area contributed by atoms with Gasteiger partial charge in [-0.3, -0.25) is 14.6 Å². The Kier molecular flexibility index (Phi) is 6.40. The lowest BCUT2D eigenvalue weighted by Crippen LogP contribution is -2.22. The minimum atomic E-state index is -1.36. The number of nitrogens with zero attached hydrogens (tertiary/aromatic N) is 1. The summed E-state index contributed by atoms with van der Waals surface area (Å²) in [6.45, 7) is 0.267. The first-order valence-electron chi connectivity index (χ1n) is 9.70. The van der Waals surface area contributed by atoms with Gasteiger partial charge in [0.05, 0.1) is 10.0 Å². The zero-order valence-corrected chi connectivity index (χ0v) is 18.2. The summed E-state index contributed by atoms with van der Waals surface area (Å²) in [5.74, 6) is -2.58. The number of ether oxygens (including phenoxy) is 1. The van der Waals surface area contributed by atoms with Gasteiger partial charge in [-0.25, -0.2) is 0 Å². The van der Waals surface area contributed by atoms with Crippen LogP contribution < -0.4 is 4.74 Å². The molecule has 1 atom stereocenters. The summed E-state index contributed by atoms with van der Waals surface area (Å²) in [5, 5.41) is 12.2. The number of halogens is 2. The molecule has 5 nitrogen and oxygen atoms in total. The van der Waals surface area contributed by atoms with E-state index in [-0.39, 0.29) is 12.2 Å². The molecule has 0 saturated heterocycles.